The van der Waals surface area contributed by atoms with Crippen molar-refractivity contribution in [3.63, 3.8) is 0 Å². The fraction of sp³-hybridized carbons (Fsp3) is 0.182. The number of hydrogen-bond acceptors (Lipinski definition) is 1. The first-order valence-electron chi connectivity index (χ1n) is 8.74. The van der Waals surface area contributed by atoms with Gasteiger partial charge >= 0.3 is 0 Å². The molecule has 0 bridgehead atoms. The van der Waals surface area contributed by atoms with Crippen LogP contribution < -0.4 is 15.3 Å². The van der Waals surface area contributed by atoms with Crippen LogP contribution in [-0.4, -0.2) is 12.7 Å². The van der Waals surface area contributed by atoms with Crippen LogP contribution in [0.15, 0.2) is 91.0 Å². The standard InChI is InChI=1S/C22H23NP/c1-4-12-20(13-5-1)23-18-10-11-19-24(23,21-14-6-2-7-15-21)22-16-8-3-9-17-22/h1-9,12-17H,10-11,18-19H2/q+1. The van der Waals surface area contributed by atoms with Crippen molar-refractivity contribution in [3.05, 3.63) is 91.0 Å². The van der Waals surface area contributed by atoms with E-state index in [1.165, 1.54) is 35.3 Å². The van der Waals surface area contributed by atoms with Crippen molar-refractivity contribution < 1.29 is 0 Å². The lowest BCUT2D eigenvalue weighted by atomic mass is 10.3. The molecule has 1 saturated heterocycles. The molecule has 1 aliphatic rings. The topological polar surface area (TPSA) is 3.24 Å². The van der Waals surface area contributed by atoms with E-state index in [0.29, 0.717) is 0 Å². The molecule has 0 aromatic heterocycles. The average Bonchev–Trinajstić information content (AvgIpc) is 2.70. The van der Waals surface area contributed by atoms with Gasteiger partial charge in [-0.2, -0.15) is 0 Å². The zero-order valence-corrected chi connectivity index (χ0v) is 14.8. The van der Waals surface area contributed by atoms with Gasteiger partial charge in [0.15, 0.2) is 7.41 Å². The number of rotatable bonds is 3. The fourth-order valence-corrected chi connectivity index (χ4v) is 8.49. The van der Waals surface area contributed by atoms with E-state index in [4.69, 9.17) is 0 Å². The van der Waals surface area contributed by atoms with E-state index in [-0.39, 0.29) is 0 Å². The minimum absolute atomic E-state index is 1.14. The first-order valence-corrected chi connectivity index (χ1v) is 10.7. The maximum Gasteiger partial charge on any atom is 0.169 e. The highest BCUT2D eigenvalue weighted by Gasteiger charge is 2.50. The molecule has 1 fully saturated rings. The smallest absolute Gasteiger partial charge is 0.169 e. The van der Waals surface area contributed by atoms with Gasteiger partial charge in [0.1, 0.15) is 10.6 Å². The lowest BCUT2D eigenvalue weighted by molar-refractivity contribution is 0.775. The summed E-state index contributed by atoms with van der Waals surface area (Å²) in [5.41, 5.74) is 1.36. The van der Waals surface area contributed by atoms with Crippen molar-refractivity contribution in [2.45, 2.75) is 12.8 Å². The second kappa shape index (κ2) is 6.79. The zero-order valence-electron chi connectivity index (χ0n) is 13.9. The van der Waals surface area contributed by atoms with Gasteiger partial charge in [-0.25, -0.2) is 4.67 Å². The molecular weight excluding hydrogens is 309 g/mol. The Morgan fingerprint density at radius 3 is 1.62 bits per heavy atom. The van der Waals surface area contributed by atoms with Gasteiger partial charge in [0.05, 0.1) is 18.4 Å². The number of para-hydroxylation sites is 1. The Morgan fingerprint density at radius 1 is 0.583 bits per heavy atom. The predicted molar refractivity (Wildman–Crippen MR) is 107 cm³/mol. The second-order valence-electron chi connectivity index (χ2n) is 6.33. The monoisotopic (exact) mass is 332 g/mol. The van der Waals surface area contributed by atoms with Gasteiger partial charge in [0.25, 0.3) is 0 Å². The van der Waals surface area contributed by atoms with Gasteiger partial charge in [0.2, 0.25) is 0 Å². The van der Waals surface area contributed by atoms with E-state index in [1.807, 2.05) is 0 Å². The van der Waals surface area contributed by atoms with Crippen molar-refractivity contribution in [2.24, 2.45) is 0 Å². The molecule has 24 heavy (non-hydrogen) atoms. The molecule has 0 aliphatic carbocycles. The Balaban J connectivity index is 1.94. The van der Waals surface area contributed by atoms with Crippen LogP contribution in [0.2, 0.25) is 0 Å². The van der Waals surface area contributed by atoms with Crippen molar-refractivity contribution >= 4 is 23.7 Å². The van der Waals surface area contributed by atoms with Crippen molar-refractivity contribution in [3.8, 4) is 0 Å². The molecule has 0 saturated carbocycles. The first-order chi connectivity index (χ1) is 11.9. The largest absolute Gasteiger partial charge is 0.239 e. The van der Waals surface area contributed by atoms with Crippen molar-refractivity contribution in [1.29, 1.82) is 0 Å². The third-order valence-corrected chi connectivity index (χ3v) is 9.46. The molecular formula is C22H23NP+. The Kier molecular flexibility index (Phi) is 4.36. The lowest BCUT2D eigenvalue weighted by Crippen LogP contribution is -2.42. The van der Waals surface area contributed by atoms with Gasteiger partial charge in [-0.15, -0.1) is 0 Å². The molecule has 0 radical (unpaired) electrons. The van der Waals surface area contributed by atoms with Crippen LogP contribution >= 0.6 is 7.41 Å². The molecule has 4 rings (SSSR count). The lowest BCUT2D eigenvalue weighted by Gasteiger charge is -2.41. The van der Waals surface area contributed by atoms with Crippen LogP contribution in [0.3, 0.4) is 0 Å². The Labute approximate surface area is 145 Å². The molecule has 3 aromatic carbocycles. The van der Waals surface area contributed by atoms with Crippen LogP contribution in [0.5, 0.6) is 0 Å². The number of nitrogens with zero attached hydrogens (tertiary/aromatic N) is 1. The Bertz CT molecular complexity index is 731. The predicted octanol–water partition coefficient (Wildman–Crippen LogP) is 4.87. The minimum Gasteiger partial charge on any atom is -0.239 e. The van der Waals surface area contributed by atoms with Gasteiger partial charge in [0, 0.05) is 0 Å². The summed E-state index contributed by atoms with van der Waals surface area (Å²) in [5, 5.41) is 3.00. The summed E-state index contributed by atoms with van der Waals surface area (Å²) in [5.74, 6) is 0. The Morgan fingerprint density at radius 2 is 1.08 bits per heavy atom. The summed E-state index contributed by atoms with van der Waals surface area (Å²) in [6.45, 7) is 1.14. The van der Waals surface area contributed by atoms with Crippen LogP contribution in [0.1, 0.15) is 12.8 Å². The summed E-state index contributed by atoms with van der Waals surface area (Å²) in [4.78, 5) is 0. The van der Waals surface area contributed by atoms with Crippen LogP contribution in [-0.2, 0) is 0 Å². The highest BCUT2D eigenvalue weighted by atomic mass is 31.2. The van der Waals surface area contributed by atoms with E-state index in [0.717, 1.165) is 6.54 Å². The summed E-state index contributed by atoms with van der Waals surface area (Å²) < 4.78 is 2.72. The van der Waals surface area contributed by atoms with Crippen molar-refractivity contribution in [2.75, 3.05) is 17.4 Å². The molecule has 120 valence electrons. The SMILES string of the molecule is c1ccc(N2CCCC[P+]2(c2ccccc2)c2ccccc2)cc1. The molecule has 0 unspecified atom stereocenters. The molecule has 1 heterocycles. The van der Waals surface area contributed by atoms with E-state index in [9.17, 15) is 0 Å². The number of hydrogen-bond donors (Lipinski definition) is 0. The maximum atomic E-state index is 2.72. The van der Waals surface area contributed by atoms with E-state index in [1.54, 1.807) is 0 Å². The molecule has 1 nitrogen and oxygen atoms in total. The summed E-state index contributed by atoms with van der Waals surface area (Å²) in [6, 6.07) is 33.3. The zero-order chi connectivity index (χ0) is 16.2. The molecule has 3 aromatic rings. The highest BCUT2D eigenvalue weighted by molar-refractivity contribution is 7.90. The molecule has 0 N–H and O–H groups in total. The third-order valence-electron chi connectivity index (χ3n) is 4.93. The molecule has 1 aliphatic heterocycles. The maximum absolute atomic E-state index is 2.72. The van der Waals surface area contributed by atoms with Gasteiger partial charge < -0.3 is 0 Å². The quantitative estimate of drug-likeness (QED) is 0.619. The summed E-state index contributed by atoms with van der Waals surface area (Å²) in [6.07, 6.45) is 3.84. The van der Waals surface area contributed by atoms with E-state index < -0.39 is 7.41 Å². The summed E-state index contributed by atoms with van der Waals surface area (Å²) >= 11 is 0. The average molecular weight is 332 g/mol. The van der Waals surface area contributed by atoms with Crippen LogP contribution in [0, 0.1) is 0 Å². The van der Waals surface area contributed by atoms with Gasteiger partial charge in [-0.3, -0.25) is 0 Å². The normalized spacial score (nSPS) is 16.8. The number of benzene rings is 3. The van der Waals surface area contributed by atoms with Crippen molar-refractivity contribution in [1.82, 2.24) is 0 Å². The number of anilines is 1. The minimum atomic E-state index is -1.59. The highest BCUT2D eigenvalue weighted by Crippen LogP contribution is 2.63. The van der Waals surface area contributed by atoms with E-state index >= 15 is 0 Å². The molecule has 0 spiro atoms. The van der Waals surface area contributed by atoms with E-state index in [2.05, 4.69) is 95.7 Å². The third kappa shape index (κ3) is 2.64. The van der Waals surface area contributed by atoms with Gasteiger partial charge in [-0.05, 0) is 49.2 Å². The van der Waals surface area contributed by atoms with Crippen LogP contribution in [0.4, 0.5) is 5.69 Å². The summed E-state index contributed by atoms with van der Waals surface area (Å²) in [7, 11) is -1.59. The van der Waals surface area contributed by atoms with Gasteiger partial charge in [-0.1, -0.05) is 54.6 Å². The molecule has 2 heteroatoms. The fourth-order valence-electron chi connectivity index (χ4n) is 3.86. The molecule has 0 amide bonds. The van der Waals surface area contributed by atoms with Crippen LogP contribution in [0.25, 0.3) is 0 Å². The molecule has 0 atom stereocenters. The second-order valence-corrected chi connectivity index (χ2v) is 9.83. The first kappa shape index (κ1) is 15.4. The Hall–Kier alpha value is -2.11.